The Morgan fingerprint density at radius 3 is 2.50 bits per heavy atom. The zero-order chi connectivity index (χ0) is 19.5. The highest BCUT2D eigenvalue weighted by Crippen LogP contribution is 2.25. The first kappa shape index (κ1) is 20.6. The van der Waals surface area contributed by atoms with Gasteiger partial charge in [0.2, 0.25) is 15.9 Å². The second-order valence-corrected chi connectivity index (χ2v) is 7.80. The van der Waals surface area contributed by atoms with Gasteiger partial charge >= 0.3 is 6.18 Å². The third-order valence-corrected chi connectivity index (χ3v) is 5.64. The van der Waals surface area contributed by atoms with Gasteiger partial charge in [0, 0.05) is 38.3 Å². The second kappa shape index (κ2) is 7.91. The van der Waals surface area contributed by atoms with Gasteiger partial charge in [0.25, 0.3) is 0 Å². The first-order chi connectivity index (χ1) is 12.0. The third kappa shape index (κ3) is 4.93. The number of carbonyl (C=O) groups is 1. The first-order valence-electron chi connectivity index (χ1n) is 7.94. The van der Waals surface area contributed by atoms with E-state index < -0.39 is 34.7 Å². The molecule has 1 heterocycles. The maximum Gasteiger partial charge on any atom is 0.405 e. The fourth-order valence-electron chi connectivity index (χ4n) is 2.75. The Balaban J connectivity index is 2.19. The zero-order valence-corrected chi connectivity index (χ0v) is 15.0. The van der Waals surface area contributed by atoms with Gasteiger partial charge < -0.3 is 11.1 Å². The van der Waals surface area contributed by atoms with Gasteiger partial charge in [-0.2, -0.15) is 13.2 Å². The van der Waals surface area contributed by atoms with E-state index in [1.165, 1.54) is 17.0 Å². The van der Waals surface area contributed by atoms with Crippen LogP contribution < -0.4 is 15.8 Å². The Morgan fingerprint density at radius 2 is 1.96 bits per heavy atom. The van der Waals surface area contributed by atoms with E-state index in [1.54, 1.807) is 6.92 Å². The number of halogens is 3. The highest BCUT2D eigenvalue weighted by Gasteiger charge is 2.44. The Bertz CT molecular complexity index is 762. The van der Waals surface area contributed by atoms with Crippen molar-refractivity contribution in [2.24, 2.45) is 5.73 Å². The maximum atomic E-state index is 13.3. The number of primary amides is 1. The third-order valence-electron chi connectivity index (χ3n) is 4.22. The van der Waals surface area contributed by atoms with Crippen LogP contribution >= 0.6 is 0 Å². The van der Waals surface area contributed by atoms with E-state index in [4.69, 9.17) is 5.73 Å². The minimum absolute atomic E-state index is 0.00218. The normalized spacial score (nSPS) is 17.8. The molecule has 1 unspecified atom stereocenters. The van der Waals surface area contributed by atoms with Crippen LogP contribution in [0.4, 0.5) is 13.2 Å². The van der Waals surface area contributed by atoms with Crippen molar-refractivity contribution in [2.45, 2.75) is 24.0 Å². The Morgan fingerprint density at radius 1 is 1.35 bits per heavy atom. The van der Waals surface area contributed by atoms with E-state index in [-0.39, 0.29) is 23.5 Å². The van der Waals surface area contributed by atoms with Crippen molar-refractivity contribution in [3.63, 3.8) is 0 Å². The summed E-state index contributed by atoms with van der Waals surface area (Å²) < 4.78 is 66.8. The van der Waals surface area contributed by atoms with Crippen LogP contribution in [-0.2, 0) is 10.0 Å². The lowest BCUT2D eigenvalue weighted by Crippen LogP contribution is -2.57. The maximum absolute atomic E-state index is 13.3. The van der Waals surface area contributed by atoms with E-state index in [1.807, 2.05) is 4.72 Å². The first-order valence-corrected chi connectivity index (χ1v) is 9.42. The van der Waals surface area contributed by atoms with Gasteiger partial charge in [0.1, 0.15) is 6.04 Å². The summed E-state index contributed by atoms with van der Waals surface area (Å²) in [6.45, 7) is 1.91. The number of hydrogen-bond donors (Lipinski definition) is 3. The second-order valence-electron chi connectivity index (χ2n) is 6.04. The quantitative estimate of drug-likeness (QED) is 0.640. The van der Waals surface area contributed by atoms with Gasteiger partial charge in [-0.1, -0.05) is 6.07 Å². The summed E-state index contributed by atoms with van der Waals surface area (Å²) in [7, 11) is -4.23. The molecule has 0 aromatic heterocycles. The molecule has 26 heavy (non-hydrogen) atoms. The number of nitrogens with two attached hydrogens (primary N) is 1. The van der Waals surface area contributed by atoms with Gasteiger partial charge in [0.05, 0.1) is 4.90 Å². The number of benzene rings is 1. The Hall–Kier alpha value is -1.69. The van der Waals surface area contributed by atoms with Gasteiger partial charge in [-0.05, 0) is 24.6 Å². The molecule has 0 bridgehead atoms. The SMILES string of the molecule is Cc1ccc(S(=O)(=O)NCC(N2CCNCC2)C(F)(F)F)cc1C(N)=O. The molecule has 1 aromatic carbocycles. The number of sulfonamides is 1. The molecule has 7 nitrogen and oxygen atoms in total. The lowest BCUT2D eigenvalue weighted by molar-refractivity contribution is -0.182. The largest absolute Gasteiger partial charge is 0.405 e. The van der Waals surface area contributed by atoms with Gasteiger partial charge in [-0.15, -0.1) is 0 Å². The summed E-state index contributed by atoms with van der Waals surface area (Å²) >= 11 is 0. The molecular formula is C15H21F3N4O3S. The number of aryl methyl sites for hydroxylation is 1. The number of piperazine rings is 1. The van der Waals surface area contributed by atoms with Crippen molar-refractivity contribution in [1.29, 1.82) is 0 Å². The topological polar surface area (TPSA) is 105 Å². The minimum Gasteiger partial charge on any atom is -0.366 e. The van der Waals surface area contributed by atoms with Crippen LogP contribution in [0.2, 0.25) is 0 Å². The Kier molecular flexibility index (Phi) is 6.27. The predicted molar refractivity (Wildman–Crippen MR) is 89.2 cm³/mol. The van der Waals surface area contributed by atoms with E-state index in [0.717, 1.165) is 6.07 Å². The molecule has 11 heteroatoms. The smallest absolute Gasteiger partial charge is 0.366 e. The Labute approximate surface area is 149 Å². The summed E-state index contributed by atoms with van der Waals surface area (Å²) in [6.07, 6.45) is -4.58. The number of hydrogen-bond acceptors (Lipinski definition) is 5. The molecule has 146 valence electrons. The van der Waals surface area contributed by atoms with Crippen LogP contribution in [0.15, 0.2) is 23.1 Å². The molecule has 1 fully saturated rings. The minimum atomic E-state index is -4.58. The number of rotatable bonds is 6. The lowest BCUT2D eigenvalue weighted by atomic mass is 10.1. The molecule has 4 N–H and O–H groups in total. The molecule has 2 rings (SSSR count). The highest BCUT2D eigenvalue weighted by atomic mass is 32.2. The zero-order valence-electron chi connectivity index (χ0n) is 14.1. The fourth-order valence-corrected chi connectivity index (χ4v) is 3.82. The van der Waals surface area contributed by atoms with Crippen molar-refractivity contribution >= 4 is 15.9 Å². The van der Waals surface area contributed by atoms with Crippen molar-refractivity contribution in [2.75, 3.05) is 32.7 Å². The number of amides is 1. The van der Waals surface area contributed by atoms with Crippen LogP contribution in [0.3, 0.4) is 0 Å². The molecule has 0 aliphatic carbocycles. The molecular weight excluding hydrogens is 373 g/mol. The van der Waals surface area contributed by atoms with E-state index in [2.05, 4.69) is 5.32 Å². The van der Waals surface area contributed by atoms with Gasteiger partial charge in [0.15, 0.2) is 0 Å². The number of nitrogens with one attached hydrogen (secondary N) is 2. The highest BCUT2D eigenvalue weighted by molar-refractivity contribution is 7.89. The van der Waals surface area contributed by atoms with Crippen LogP contribution in [0.1, 0.15) is 15.9 Å². The standard InChI is InChI=1S/C15H21F3N4O3S/c1-10-2-3-11(8-12(10)14(19)23)26(24,25)21-9-13(15(16,17)18)22-6-4-20-5-7-22/h2-3,8,13,20-21H,4-7,9H2,1H3,(H2,19,23). The number of alkyl halides is 3. The fraction of sp³-hybridized carbons (Fsp3) is 0.533. The molecule has 1 aliphatic heterocycles. The van der Waals surface area contributed by atoms with Crippen molar-refractivity contribution in [3.05, 3.63) is 29.3 Å². The summed E-state index contributed by atoms with van der Waals surface area (Å²) in [5.74, 6) is -0.812. The molecule has 1 atom stereocenters. The number of carbonyl (C=O) groups excluding carboxylic acids is 1. The predicted octanol–water partition coefficient (Wildman–Crippen LogP) is 0.208. The average molecular weight is 394 g/mol. The van der Waals surface area contributed by atoms with Crippen molar-refractivity contribution in [3.8, 4) is 0 Å². The average Bonchev–Trinajstić information content (AvgIpc) is 2.54. The molecule has 0 saturated carbocycles. The summed E-state index contributed by atoms with van der Waals surface area (Å²) in [4.78, 5) is 12.2. The van der Waals surface area contributed by atoms with Crippen molar-refractivity contribution in [1.82, 2.24) is 14.9 Å². The molecule has 1 aromatic rings. The summed E-state index contributed by atoms with van der Waals surface area (Å²) in [6, 6.07) is 1.73. The molecule has 1 amide bonds. The number of nitrogens with zero attached hydrogens (tertiary/aromatic N) is 1. The van der Waals surface area contributed by atoms with E-state index >= 15 is 0 Å². The molecule has 1 saturated heterocycles. The van der Waals surface area contributed by atoms with Gasteiger partial charge in [-0.3, -0.25) is 9.69 Å². The summed E-state index contributed by atoms with van der Waals surface area (Å²) in [5.41, 5.74) is 5.67. The van der Waals surface area contributed by atoms with Crippen LogP contribution in [-0.4, -0.2) is 64.2 Å². The molecule has 0 radical (unpaired) electrons. The van der Waals surface area contributed by atoms with Gasteiger partial charge in [-0.25, -0.2) is 13.1 Å². The molecule has 0 spiro atoms. The van der Waals surface area contributed by atoms with Crippen molar-refractivity contribution < 1.29 is 26.4 Å². The van der Waals surface area contributed by atoms with Crippen LogP contribution in [0.25, 0.3) is 0 Å². The van der Waals surface area contributed by atoms with E-state index in [9.17, 15) is 26.4 Å². The summed E-state index contributed by atoms with van der Waals surface area (Å²) in [5, 5.41) is 2.95. The lowest BCUT2D eigenvalue weighted by Gasteiger charge is -2.35. The van der Waals surface area contributed by atoms with E-state index in [0.29, 0.717) is 18.7 Å². The monoisotopic (exact) mass is 394 g/mol. The van der Waals surface area contributed by atoms with Crippen LogP contribution in [0.5, 0.6) is 0 Å². The molecule has 1 aliphatic rings. The van der Waals surface area contributed by atoms with Crippen LogP contribution in [0, 0.1) is 6.92 Å².